The molecule has 1 aromatic heterocycles. The summed E-state index contributed by atoms with van der Waals surface area (Å²) in [6.45, 7) is 0. The number of carbonyl (C=O) groups is 1. The normalized spacial score (nSPS) is 9.67. The SMILES string of the molecule is COC(=O)Cc1[nH]c(=O)ccc1[N+](=O)[O-]. The van der Waals surface area contributed by atoms with Crippen LogP contribution in [0.3, 0.4) is 0 Å². The number of ether oxygens (including phenoxy) is 1. The molecule has 7 nitrogen and oxygen atoms in total. The van der Waals surface area contributed by atoms with Crippen molar-refractivity contribution in [3.8, 4) is 0 Å². The van der Waals surface area contributed by atoms with Gasteiger partial charge in [-0.15, -0.1) is 0 Å². The lowest BCUT2D eigenvalue weighted by molar-refractivity contribution is -0.385. The highest BCUT2D eigenvalue weighted by Gasteiger charge is 2.17. The second-order valence-electron chi connectivity index (χ2n) is 2.70. The van der Waals surface area contributed by atoms with E-state index in [4.69, 9.17) is 0 Å². The number of carbonyl (C=O) groups excluding carboxylic acids is 1. The molecule has 0 amide bonds. The lowest BCUT2D eigenvalue weighted by atomic mass is 10.2. The maximum absolute atomic E-state index is 10.9. The van der Waals surface area contributed by atoms with Gasteiger partial charge in [0.05, 0.1) is 18.5 Å². The van der Waals surface area contributed by atoms with Gasteiger partial charge in [0.25, 0.3) is 5.69 Å². The van der Waals surface area contributed by atoms with E-state index < -0.39 is 16.5 Å². The van der Waals surface area contributed by atoms with Gasteiger partial charge in [0.15, 0.2) is 0 Å². The molecular formula is C8H8N2O5. The fourth-order valence-corrected chi connectivity index (χ4v) is 1.03. The Hall–Kier alpha value is -2.18. The van der Waals surface area contributed by atoms with Gasteiger partial charge in [0.2, 0.25) is 5.56 Å². The van der Waals surface area contributed by atoms with Crippen molar-refractivity contribution in [2.24, 2.45) is 0 Å². The van der Waals surface area contributed by atoms with E-state index in [1.807, 2.05) is 0 Å². The molecule has 1 rings (SSSR count). The van der Waals surface area contributed by atoms with E-state index in [1.165, 1.54) is 0 Å². The number of hydrogen-bond donors (Lipinski definition) is 1. The predicted molar refractivity (Wildman–Crippen MR) is 49.4 cm³/mol. The maximum Gasteiger partial charge on any atom is 0.311 e. The van der Waals surface area contributed by atoms with Crippen molar-refractivity contribution in [3.05, 3.63) is 38.3 Å². The van der Waals surface area contributed by atoms with Crippen molar-refractivity contribution < 1.29 is 14.5 Å². The first kappa shape index (κ1) is 10.9. The van der Waals surface area contributed by atoms with Crippen molar-refractivity contribution in [2.45, 2.75) is 6.42 Å². The van der Waals surface area contributed by atoms with Crippen LogP contribution >= 0.6 is 0 Å². The van der Waals surface area contributed by atoms with Gasteiger partial charge in [-0.3, -0.25) is 19.7 Å². The van der Waals surface area contributed by atoms with Crippen molar-refractivity contribution >= 4 is 11.7 Å². The molecule has 0 saturated carbocycles. The minimum Gasteiger partial charge on any atom is -0.469 e. The number of nitrogens with one attached hydrogen (secondary N) is 1. The van der Waals surface area contributed by atoms with Gasteiger partial charge in [-0.1, -0.05) is 0 Å². The van der Waals surface area contributed by atoms with Gasteiger partial charge in [-0.05, 0) is 0 Å². The zero-order valence-electron chi connectivity index (χ0n) is 7.85. The van der Waals surface area contributed by atoms with Crippen molar-refractivity contribution in [3.63, 3.8) is 0 Å². The molecule has 0 aliphatic carbocycles. The van der Waals surface area contributed by atoms with Crippen molar-refractivity contribution in [1.82, 2.24) is 4.98 Å². The number of methoxy groups -OCH3 is 1. The fourth-order valence-electron chi connectivity index (χ4n) is 1.03. The van der Waals surface area contributed by atoms with Gasteiger partial charge in [0.1, 0.15) is 5.69 Å². The molecule has 0 bridgehead atoms. The molecule has 0 aliphatic heterocycles. The molecule has 1 heterocycles. The highest BCUT2D eigenvalue weighted by molar-refractivity contribution is 5.73. The van der Waals surface area contributed by atoms with Gasteiger partial charge < -0.3 is 9.72 Å². The second kappa shape index (κ2) is 4.36. The van der Waals surface area contributed by atoms with Gasteiger partial charge in [-0.2, -0.15) is 0 Å². The zero-order chi connectivity index (χ0) is 11.4. The number of rotatable bonds is 3. The highest BCUT2D eigenvalue weighted by Crippen LogP contribution is 2.14. The highest BCUT2D eigenvalue weighted by atomic mass is 16.6. The lowest BCUT2D eigenvalue weighted by Crippen LogP contribution is -2.14. The van der Waals surface area contributed by atoms with E-state index in [0.29, 0.717) is 0 Å². The van der Waals surface area contributed by atoms with E-state index in [-0.39, 0.29) is 17.8 Å². The summed E-state index contributed by atoms with van der Waals surface area (Å²) in [6.07, 6.45) is -0.330. The van der Waals surface area contributed by atoms with Gasteiger partial charge in [-0.25, -0.2) is 0 Å². The zero-order valence-corrected chi connectivity index (χ0v) is 7.85. The quantitative estimate of drug-likeness (QED) is 0.431. The number of esters is 1. The Bertz CT molecular complexity index is 451. The lowest BCUT2D eigenvalue weighted by Gasteiger charge is -2.00. The molecule has 0 aliphatic rings. The third-order valence-electron chi connectivity index (χ3n) is 1.72. The van der Waals surface area contributed by atoms with Crippen LogP contribution in [0.1, 0.15) is 5.69 Å². The first-order valence-electron chi connectivity index (χ1n) is 3.98. The molecule has 0 atom stereocenters. The Morgan fingerprint density at radius 3 is 2.80 bits per heavy atom. The largest absolute Gasteiger partial charge is 0.469 e. The molecule has 0 unspecified atom stereocenters. The second-order valence-corrected chi connectivity index (χ2v) is 2.70. The van der Waals surface area contributed by atoms with Crippen LogP contribution in [0.5, 0.6) is 0 Å². The molecule has 0 saturated heterocycles. The first-order valence-corrected chi connectivity index (χ1v) is 3.98. The van der Waals surface area contributed by atoms with Crippen LogP contribution in [-0.2, 0) is 16.0 Å². The third-order valence-corrected chi connectivity index (χ3v) is 1.72. The number of pyridine rings is 1. The molecule has 1 aromatic rings. The summed E-state index contributed by atoms with van der Waals surface area (Å²) in [5.41, 5.74) is -0.862. The van der Waals surface area contributed by atoms with Crippen LogP contribution in [0, 0.1) is 10.1 Å². The number of nitrogens with zero attached hydrogens (tertiary/aromatic N) is 1. The number of hydrogen-bond acceptors (Lipinski definition) is 5. The van der Waals surface area contributed by atoms with Crippen LogP contribution in [0.2, 0.25) is 0 Å². The summed E-state index contributed by atoms with van der Waals surface area (Å²) >= 11 is 0. The summed E-state index contributed by atoms with van der Waals surface area (Å²) in [7, 11) is 1.16. The average Bonchev–Trinajstić information content (AvgIpc) is 2.17. The number of aromatic nitrogens is 1. The minimum atomic E-state index is -0.672. The minimum absolute atomic E-state index is 0.0562. The van der Waals surface area contributed by atoms with E-state index in [9.17, 15) is 19.7 Å². The number of H-pyrrole nitrogens is 1. The number of aromatic amines is 1. The standard InChI is InChI=1S/C8H8N2O5/c1-15-8(12)4-5-6(10(13)14)2-3-7(11)9-5/h2-3H,4H2,1H3,(H,9,11). The number of nitro groups is 1. The Kier molecular flexibility index (Phi) is 3.17. The monoisotopic (exact) mass is 212 g/mol. The molecular weight excluding hydrogens is 204 g/mol. The summed E-state index contributed by atoms with van der Waals surface area (Å²) in [6, 6.07) is 2.08. The van der Waals surface area contributed by atoms with E-state index in [2.05, 4.69) is 9.72 Å². The summed E-state index contributed by atoms with van der Waals surface area (Å²) < 4.78 is 4.35. The van der Waals surface area contributed by atoms with Gasteiger partial charge >= 0.3 is 5.97 Å². The van der Waals surface area contributed by atoms with Crippen LogP contribution in [0.4, 0.5) is 5.69 Å². The topological polar surface area (TPSA) is 102 Å². The maximum atomic E-state index is 10.9. The van der Waals surface area contributed by atoms with E-state index in [1.54, 1.807) is 0 Å². The van der Waals surface area contributed by atoms with Crippen molar-refractivity contribution in [1.29, 1.82) is 0 Å². The predicted octanol–water partition coefficient (Wildman–Crippen LogP) is -0.00140. The van der Waals surface area contributed by atoms with Gasteiger partial charge in [0, 0.05) is 12.1 Å². The molecule has 15 heavy (non-hydrogen) atoms. The Balaban J connectivity index is 3.13. The van der Waals surface area contributed by atoms with Crippen LogP contribution in [0.25, 0.3) is 0 Å². The molecule has 0 radical (unpaired) electrons. The van der Waals surface area contributed by atoms with Crippen LogP contribution < -0.4 is 5.56 Å². The fraction of sp³-hybridized carbons (Fsp3) is 0.250. The molecule has 0 fully saturated rings. The molecule has 1 N–H and O–H groups in total. The summed E-state index contributed by atoms with van der Waals surface area (Å²) in [5, 5.41) is 10.5. The summed E-state index contributed by atoms with van der Waals surface area (Å²) in [5.74, 6) is -0.653. The molecule has 0 spiro atoms. The van der Waals surface area contributed by atoms with E-state index in [0.717, 1.165) is 19.2 Å². The molecule has 80 valence electrons. The first-order chi connectivity index (χ1) is 7.04. The van der Waals surface area contributed by atoms with Crippen LogP contribution in [0.15, 0.2) is 16.9 Å². The third kappa shape index (κ3) is 2.63. The van der Waals surface area contributed by atoms with Crippen molar-refractivity contribution in [2.75, 3.05) is 7.11 Å². The van der Waals surface area contributed by atoms with Crippen LogP contribution in [-0.4, -0.2) is 23.0 Å². The Morgan fingerprint density at radius 2 is 2.27 bits per heavy atom. The Morgan fingerprint density at radius 1 is 1.60 bits per heavy atom. The Labute approximate surface area is 83.8 Å². The molecule has 0 aromatic carbocycles. The smallest absolute Gasteiger partial charge is 0.311 e. The summed E-state index contributed by atoms with van der Waals surface area (Å²) in [4.78, 5) is 33.9. The molecule has 7 heteroatoms. The van der Waals surface area contributed by atoms with E-state index >= 15 is 0 Å². The average molecular weight is 212 g/mol.